The standard InChI is InChI=1S/C17H21NO4.CH4O.BrH/c1-18-13-7-11(8-14(18)16-15(13)22-16)21-17(20)12(9-19)10-5-3-2-4-6-10;1-2;/h2-6,11-16,19H,7-9H2,1H3;2H,1H3;1H/t11-,12-,13-,14+,15-,16+;;/m1../s1. The van der Waals surface area contributed by atoms with Gasteiger partial charge in [0.1, 0.15) is 24.2 Å². The van der Waals surface area contributed by atoms with Gasteiger partial charge in [-0.25, -0.2) is 0 Å². The van der Waals surface area contributed by atoms with Crippen molar-refractivity contribution in [3.05, 3.63) is 35.9 Å². The maximum absolute atomic E-state index is 12.4. The number of nitrogens with zero attached hydrogens (tertiary/aromatic N) is 1. The van der Waals surface area contributed by atoms with E-state index < -0.39 is 5.92 Å². The van der Waals surface area contributed by atoms with Crippen molar-refractivity contribution in [3.8, 4) is 0 Å². The molecule has 1 aromatic rings. The molecule has 4 rings (SSSR count). The molecule has 3 aliphatic rings. The van der Waals surface area contributed by atoms with Crippen LogP contribution >= 0.6 is 17.0 Å². The van der Waals surface area contributed by atoms with Gasteiger partial charge in [-0.05, 0) is 12.6 Å². The lowest BCUT2D eigenvalue weighted by Gasteiger charge is -2.38. The van der Waals surface area contributed by atoms with Crippen LogP contribution in [0, 0.1) is 0 Å². The summed E-state index contributed by atoms with van der Waals surface area (Å²) < 4.78 is 11.4. The molecule has 3 aliphatic heterocycles. The van der Waals surface area contributed by atoms with Crippen LogP contribution in [0.2, 0.25) is 0 Å². The molecule has 3 heterocycles. The van der Waals surface area contributed by atoms with Crippen molar-refractivity contribution in [2.75, 3.05) is 20.8 Å². The average Bonchev–Trinajstić information content (AvgIpc) is 3.36. The molecule has 3 saturated heterocycles. The van der Waals surface area contributed by atoms with E-state index in [1.54, 1.807) is 0 Å². The van der Waals surface area contributed by atoms with Gasteiger partial charge in [0.25, 0.3) is 0 Å². The van der Waals surface area contributed by atoms with E-state index >= 15 is 0 Å². The number of rotatable bonds is 4. The Bertz CT molecular complexity index is 554. The summed E-state index contributed by atoms with van der Waals surface area (Å²) in [5.74, 6) is -0.915. The predicted octanol–water partition coefficient (Wildman–Crippen LogP) is 1.10. The highest BCUT2D eigenvalue weighted by molar-refractivity contribution is 8.93. The van der Waals surface area contributed by atoms with Crippen molar-refractivity contribution in [1.82, 2.24) is 4.90 Å². The Kier molecular flexibility index (Phi) is 6.99. The van der Waals surface area contributed by atoms with Gasteiger partial charge in [-0.15, -0.1) is 17.0 Å². The van der Waals surface area contributed by atoms with Gasteiger partial charge >= 0.3 is 5.97 Å². The van der Waals surface area contributed by atoms with Crippen LogP contribution in [0.3, 0.4) is 0 Å². The second kappa shape index (κ2) is 8.60. The lowest BCUT2D eigenvalue weighted by atomic mass is 9.97. The van der Waals surface area contributed by atoms with Gasteiger partial charge in [0.15, 0.2) is 0 Å². The second-order valence-electron chi connectivity index (χ2n) is 6.54. The fraction of sp³-hybridized carbons (Fsp3) is 0.611. The zero-order valence-electron chi connectivity index (χ0n) is 14.4. The fourth-order valence-electron chi connectivity index (χ4n) is 4.04. The van der Waals surface area contributed by atoms with Crippen LogP contribution in [-0.4, -0.2) is 72.2 Å². The third kappa shape index (κ3) is 3.90. The van der Waals surface area contributed by atoms with E-state index in [1.165, 1.54) is 0 Å². The zero-order chi connectivity index (χ0) is 17.3. The number of epoxide rings is 1. The summed E-state index contributed by atoms with van der Waals surface area (Å²) in [6, 6.07) is 10.1. The summed E-state index contributed by atoms with van der Waals surface area (Å²) in [6.45, 7) is -0.226. The Labute approximate surface area is 158 Å². The van der Waals surface area contributed by atoms with Gasteiger partial charge in [-0.2, -0.15) is 0 Å². The molecule has 7 heteroatoms. The SMILES string of the molecule is Br.CN1[C@@H]2C[C@@H](OC(=O)[C@H](CO)c3ccccc3)C[C@H]1[C@@H]1O[C@@H]12.CO. The van der Waals surface area contributed by atoms with Crippen molar-refractivity contribution in [1.29, 1.82) is 0 Å². The summed E-state index contributed by atoms with van der Waals surface area (Å²) in [6.07, 6.45) is 2.26. The highest BCUT2D eigenvalue weighted by atomic mass is 79.9. The third-order valence-corrected chi connectivity index (χ3v) is 5.33. The van der Waals surface area contributed by atoms with E-state index in [1.807, 2.05) is 30.3 Å². The van der Waals surface area contributed by atoms with Crippen molar-refractivity contribution in [2.45, 2.75) is 49.2 Å². The van der Waals surface area contributed by atoms with Crippen LogP contribution in [0.15, 0.2) is 30.3 Å². The van der Waals surface area contributed by atoms with Gasteiger partial charge in [-0.3, -0.25) is 9.69 Å². The first-order chi connectivity index (χ1) is 11.7. The molecule has 6 nitrogen and oxygen atoms in total. The van der Waals surface area contributed by atoms with E-state index in [0.717, 1.165) is 25.5 Å². The fourth-order valence-corrected chi connectivity index (χ4v) is 4.04. The molecule has 140 valence electrons. The largest absolute Gasteiger partial charge is 0.462 e. The molecule has 0 aliphatic carbocycles. The first-order valence-electron chi connectivity index (χ1n) is 8.37. The summed E-state index contributed by atoms with van der Waals surface area (Å²) in [5, 5.41) is 16.6. The van der Waals surface area contributed by atoms with Crippen LogP contribution in [0.25, 0.3) is 0 Å². The molecular weight excluding hydrogens is 390 g/mol. The molecule has 25 heavy (non-hydrogen) atoms. The van der Waals surface area contributed by atoms with Gasteiger partial charge in [0.05, 0.1) is 6.61 Å². The number of likely N-dealkylation sites (N-methyl/N-ethyl adjacent to an activating group) is 1. The van der Waals surface area contributed by atoms with Gasteiger partial charge < -0.3 is 19.7 Å². The normalized spacial score (nSPS) is 33.2. The van der Waals surface area contributed by atoms with Gasteiger partial charge in [0.2, 0.25) is 0 Å². The van der Waals surface area contributed by atoms with Crippen molar-refractivity contribution in [3.63, 3.8) is 0 Å². The Morgan fingerprint density at radius 2 is 1.80 bits per heavy atom. The van der Waals surface area contributed by atoms with E-state index in [-0.39, 0.29) is 35.7 Å². The third-order valence-electron chi connectivity index (χ3n) is 5.33. The van der Waals surface area contributed by atoms with Crippen LogP contribution in [0.5, 0.6) is 0 Å². The number of fused-ring (bicyclic) bond motifs is 5. The lowest BCUT2D eigenvalue weighted by Crippen LogP contribution is -2.48. The minimum Gasteiger partial charge on any atom is -0.462 e. The molecule has 3 fully saturated rings. The number of carbonyl (C=O) groups excluding carboxylic acids is 1. The molecule has 2 N–H and O–H groups in total. The Morgan fingerprint density at radius 3 is 2.32 bits per heavy atom. The Morgan fingerprint density at radius 1 is 1.24 bits per heavy atom. The average molecular weight is 416 g/mol. The number of hydrogen-bond acceptors (Lipinski definition) is 6. The maximum Gasteiger partial charge on any atom is 0.316 e. The maximum atomic E-state index is 12.4. The first-order valence-corrected chi connectivity index (χ1v) is 8.37. The van der Waals surface area contributed by atoms with E-state index in [9.17, 15) is 9.90 Å². The van der Waals surface area contributed by atoms with Crippen LogP contribution in [0.4, 0.5) is 0 Å². The van der Waals surface area contributed by atoms with Crippen LogP contribution < -0.4 is 0 Å². The molecule has 0 saturated carbocycles. The molecule has 2 bridgehead atoms. The van der Waals surface area contributed by atoms with Crippen molar-refractivity contribution in [2.24, 2.45) is 0 Å². The molecular formula is C18H26BrNO5. The number of piperidine rings is 1. The smallest absolute Gasteiger partial charge is 0.316 e. The number of carbonyl (C=O) groups is 1. The number of hydrogen-bond donors (Lipinski definition) is 2. The van der Waals surface area contributed by atoms with E-state index in [4.69, 9.17) is 14.6 Å². The molecule has 0 amide bonds. The van der Waals surface area contributed by atoms with Crippen LogP contribution in [-0.2, 0) is 14.3 Å². The monoisotopic (exact) mass is 415 g/mol. The summed E-state index contributed by atoms with van der Waals surface area (Å²) >= 11 is 0. The van der Waals surface area contributed by atoms with E-state index in [2.05, 4.69) is 11.9 Å². The molecule has 0 spiro atoms. The van der Waals surface area contributed by atoms with E-state index in [0.29, 0.717) is 24.3 Å². The number of aliphatic hydroxyl groups is 2. The second-order valence-corrected chi connectivity index (χ2v) is 6.54. The predicted molar refractivity (Wildman–Crippen MR) is 97.8 cm³/mol. The minimum absolute atomic E-state index is 0. The molecule has 6 atom stereocenters. The van der Waals surface area contributed by atoms with Gasteiger partial charge in [0, 0.05) is 32.0 Å². The number of benzene rings is 1. The number of halogens is 1. The highest BCUT2D eigenvalue weighted by Crippen LogP contribution is 2.48. The molecule has 1 aromatic carbocycles. The first kappa shape index (κ1) is 20.3. The summed E-state index contributed by atoms with van der Waals surface area (Å²) in [7, 11) is 3.13. The molecule has 0 unspecified atom stereocenters. The van der Waals surface area contributed by atoms with Crippen molar-refractivity contribution < 1.29 is 24.5 Å². The van der Waals surface area contributed by atoms with Crippen molar-refractivity contribution >= 4 is 23.0 Å². The quantitative estimate of drug-likeness (QED) is 0.565. The van der Waals surface area contributed by atoms with Gasteiger partial charge in [-0.1, -0.05) is 30.3 Å². The Hall–Kier alpha value is -0.990. The topological polar surface area (TPSA) is 82.5 Å². The number of aliphatic hydroxyl groups excluding tert-OH is 2. The minimum atomic E-state index is -0.593. The molecule has 0 aromatic heterocycles. The number of morpholine rings is 1. The Balaban J connectivity index is 0.000000726. The highest BCUT2D eigenvalue weighted by Gasteiger charge is 2.62. The number of ether oxygens (including phenoxy) is 2. The number of esters is 1. The lowest BCUT2D eigenvalue weighted by molar-refractivity contribution is -0.156. The molecule has 0 radical (unpaired) electrons. The zero-order valence-corrected chi connectivity index (χ0v) is 16.2. The summed E-state index contributed by atoms with van der Waals surface area (Å²) in [5.41, 5.74) is 0.803. The summed E-state index contributed by atoms with van der Waals surface area (Å²) in [4.78, 5) is 14.8. The van der Waals surface area contributed by atoms with Crippen LogP contribution in [0.1, 0.15) is 24.3 Å².